The summed E-state index contributed by atoms with van der Waals surface area (Å²) in [5.41, 5.74) is 3.47. The summed E-state index contributed by atoms with van der Waals surface area (Å²) in [6, 6.07) is 12.9. The molecule has 2 N–H and O–H groups in total. The lowest BCUT2D eigenvalue weighted by Crippen LogP contribution is -1.99. The fraction of sp³-hybridized carbons (Fsp3) is 0.0500. The molecule has 0 aliphatic carbocycles. The van der Waals surface area contributed by atoms with Crippen molar-refractivity contribution in [3.8, 4) is 0 Å². The van der Waals surface area contributed by atoms with E-state index in [1.807, 2.05) is 29.6 Å². The van der Waals surface area contributed by atoms with Gasteiger partial charge in [0, 0.05) is 33.7 Å². The molecular weight excluding hydrogens is 369 g/mol. The van der Waals surface area contributed by atoms with Gasteiger partial charge in [0.2, 0.25) is 0 Å². The fourth-order valence-electron chi connectivity index (χ4n) is 2.84. The van der Waals surface area contributed by atoms with E-state index in [1.54, 1.807) is 29.7 Å². The van der Waals surface area contributed by atoms with Gasteiger partial charge in [-0.3, -0.25) is 0 Å². The van der Waals surface area contributed by atoms with Crippen LogP contribution >= 0.6 is 22.9 Å². The predicted octanol–water partition coefficient (Wildman–Crippen LogP) is 6.88. The first-order valence-corrected chi connectivity index (χ1v) is 9.34. The van der Waals surface area contributed by atoms with Crippen molar-refractivity contribution in [1.29, 1.82) is 0 Å². The van der Waals surface area contributed by atoms with Crippen LogP contribution in [0.1, 0.15) is 5.56 Å². The zero-order chi connectivity index (χ0) is 18.1. The average molecular weight is 384 g/mol. The first-order valence-electron chi connectivity index (χ1n) is 8.02. The van der Waals surface area contributed by atoms with E-state index in [2.05, 4.69) is 27.9 Å². The van der Waals surface area contributed by atoms with Crippen molar-refractivity contribution in [2.45, 2.75) is 6.92 Å². The summed E-state index contributed by atoms with van der Waals surface area (Å²) in [5.74, 6) is 0.0914. The van der Waals surface area contributed by atoms with Crippen molar-refractivity contribution in [3.63, 3.8) is 0 Å². The Labute approximate surface area is 159 Å². The van der Waals surface area contributed by atoms with Crippen LogP contribution in [0.3, 0.4) is 0 Å². The van der Waals surface area contributed by atoms with Gasteiger partial charge in [-0.25, -0.2) is 9.37 Å². The molecule has 0 spiro atoms. The predicted molar refractivity (Wildman–Crippen MR) is 109 cm³/mol. The molecule has 4 rings (SSSR count). The molecular formula is C20H15ClFN3S. The number of hydrogen-bond acceptors (Lipinski definition) is 4. The second kappa shape index (κ2) is 6.94. The number of nitrogens with zero attached hydrogens (tertiary/aromatic N) is 1. The van der Waals surface area contributed by atoms with Crippen LogP contribution in [-0.4, -0.2) is 4.98 Å². The molecule has 0 unspecified atom stereocenters. The van der Waals surface area contributed by atoms with E-state index in [9.17, 15) is 4.39 Å². The van der Waals surface area contributed by atoms with Crippen LogP contribution in [0.2, 0.25) is 5.02 Å². The molecule has 26 heavy (non-hydrogen) atoms. The summed E-state index contributed by atoms with van der Waals surface area (Å²) < 4.78 is 14.2. The lowest BCUT2D eigenvalue weighted by atomic mass is 10.1. The van der Waals surface area contributed by atoms with E-state index in [-0.39, 0.29) is 5.02 Å². The van der Waals surface area contributed by atoms with Crippen LogP contribution in [0.5, 0.6) is 0 Å². The van der Waals surface area contributed by atoms with E-state index in [1.165, 1.54) is 6.07 Å². The van der Waals surface area contributed by atoms with E-state index < -0.39 is 5.82 Å². The Hall–Kier alpha value is -2.63. The quantitative estimate of drug-likeness (QED) is 0.403. The maximum absolute atomic E-state index is 14.2. The molecule has 0 saturated carbocycles. The Morgan fingerprint density at radius 1 is 1.04 bits per heavy atom. The molecule has 130 valence electrons. The molecule has 0 atom stereocenters. The van der Waals surface area contributed by atoms with Crippen molar-refractivity contribution in [3.05, 3.63) is 75.8 Å². The number of aromatic nitrogens is 1. The number of nitrogens with one attached hydrogen (secondary N) is 2. The normalized spacial score (nSPS) is 10.9. The number of hydrogen-bond donors (Lipinski definition) is 2. The van der Waals surface area contributed by atoms with Crippen LogP contribution in [0.15, 0.2) is 59.4 Å². The number of fused-ring (bicyclic) bond motifs is 1. The molecule has 0 aliphatic heterocycles. The Morgan fingerprint density at radius 2 is 1.92 bits per heavy atom. The second-order valence-electron chi connectivity index (χ2n) is 5.88. The van der Waals surface area contributed by atoms with Gasteiger partial charge in [-0.1, -0.05) is 29.8 Å². The van der Waals surface area contributed by atoms with Gasteiger partial charge in [0.15, 0.2) is 5.82 Å². The molecule has 2 aromatic heterocycles. The highest BCUT2D eigenvalue weighted by molar-refractivity contribution is 7.08. The minimum absolute atomic E-state index is 0.0749. The van der Waals surface area contributed by atoms with Crippen molar-refractivity contribution in [2.24, 2.45) is 0 Å². The van der Waals surface area contributed by atoms with Gasteiger partial charge in [0.05, 0.1) is 10.7 Å². The minimum Gasteiger partial charge on any atom is -0.354 e. The van der Waals surface area contributed by atoms with Gasteiger partial charge in [-0.05, 0) is 42.1 Å². The first-order chi connectivity index (χ1) is 12.6. The summed E-state index contributed by atoms with van der Waals surface area (Å²) in [4.78, 5) is 4.39. The fourth-order valence-corrected chi connectivity index (χ4v) is 3.60. The van der Waals surface area contributed by atoms with Gasteiger partial charge in [0.25, 0.3) is 0 Å². The Kier molecular flexibility index (Phi) is 4.49. The van der Waals surface area contributed by atoms with Crippen LogP contribution in [0, 0.1) is 12.7 Å². The molecule has 0 radical (unpaired) electrons. The van der Waals surface area contributed by atoms with Gasteiger partial charge in [0.1, 0.15) is 5.82 Å². The third-order valence-electron chi connectivity index (χ3n) is 4.15. The van der Waals surface area contributed by atoms with E-state index in [4.69, 9.17) is 11.6 Å². The third-order valence-corrected chi connectivity index (χ3v) is 5.12. The summed E-state index contributed by atoms with van der Waals surface area (Å²) in [5, 5.41) is 12.6. The smallest absolute Gasteiger partial charge is 0.165 e. The van der Waals surface area contributed by atoms with Crippen LogP contribution < -0.4 is 10.6 Å². The van der Waals surface area contributed by atoms with Crippen molar-refractivity contribution in [1.82, 2.24) is 4.98 Å². The SMILES string of the molecule is Cc1ccc2c(Nc3cccc(Cl)c3F)nccc2c1Nc1ccsc1. The standard InChI is InChI=1S/C20H15ClFN3S/c1-12-5-6-15-14(19(12)24-13-8-10-26-11-13)7-9-23-20(15)25-17-4-2-3-16(21)18(17)22/h2-11,24H,1H3,(H,23,25). The second-order valence-corrected chi connectivity index (χ2v) is 7.06. The molecule has 0 saturated heterocycles. The number of anilines is 4. The Morgan fingerprint density at radius 3 is 2.73 bits per heavy atom. The van der Waals surface area contributed by atoms with Crippen molar-refractivity contribution >= 4 is 56.6 Å². The topological polar surface area (TPSA) is 37.0 Å². The molecule has 0 bridgehead atoms. The number of benzene rings is 2. The molecule has 0 aliphatic rings. The number of aryl methyl sites for hydroxylation is 1. The highest BCUT2D eigenvalue weighted by atomic mass is 35.5. The molecule has 0 amide bonds. The summed E-state index contributed by atoms with van der Waals surface area (Å²) in [6.45, 7) is 2.05. The van der Waals surface area contributed by atoms with Crippen molar-refractivity contribution in [2.75, 3.05) is 10.6 Å². The van der Waals surface area contributed by atoms with Crippen LogP contribution in [-0.2, 0) is 0 Å². The van der Waals surface area contributed by atoms with Gasteiger partial charge in [-0.15, -0.1) is 0 Å². The molecule has 4 aromatic rings. The monoisotopic (exact) mass is 383 g/mol. The number of rotatable bonds is 4. The molecule has 2 heterocycles. The van der Waals surface area contributed by atoms with Crippen molar-refractivity contribution < 1.29 is 4.39 Å². The van der Waals surface area contributed by atoms with E-state index in [0.717, 1.165) is 27.7 Å². The molecule has 3 nitrogen and oxygen atoms in total. The van der Waals surface area contributed by atoms with Gasteiger partial charge >= 0.3 is 0 Å². The summed E-state index contributed by atoms with van der Waals surface area (Å²) in [6.07, 6.45) is 1.71. The molecule has 2 aromatic carbocycles. The largest absolute Gasteiger partial charge is 0.354 e. The number of pyridine rings is 1. The zero-order valence-electron chi connectivity index (χ0n) is 13.9. The van der Waals surface area contributed by atoms with Gasteiger partial charge < -0.3 is 10.6 Å². The molecule has 0 fully saturated rings. The Bertz CT molecular complexity index is 1080. The lowest BCUT2D eigenvalue weighted by Gasteiger charge is -2.15. The highest BCUT2D eigenvalue weighted by Crippen LogP contribution is 2.35. The maximum atomic E-state index is 14.2. The lowest BCUT2D eigenvalue weighted by molar-refractivity contribution is 0.632. The van der Waals surface area contributed by atoms with Gasteiger partial charge in [-0.2, -0.15) is 11.3 Å². The zero-order valence-corrected chi connectivity index (χ0v) is 15.5. The average Bonchev–Trinajstić information content (AvgIpc) is 3.15. The third kappa shape index (κ3) is 3.11. The summed E-state index contributed by atoms with van der Waals surface area (Å²) >= 11 is 7.52. The Balaban J connectivity index is 1.81. The van der Waals surface area contributed by atoms with Crippen LogP contribution in [0.4, 0.5) is 27.3 Å². The van der Waals surface area contributed by atoms with E-state index >= 15 is 0 Å². The highest BCUT2D eigenvalue weighted by Gasteiger charge is 2.12. The van der Waals surface area contributed by atoms with Crippen LogP contribution in [0.25, 0.3) is 10.8 Å². The number of thiophene rings is 1. The van der Waals surface area contributed by atoms with E-state index in [0.29, 0.717) is 11.5 Å². The minimum atomic E-state index is -0.489. The first kappa shape index (κ1) is 16.8. The maximum Gasteiger partial charge on any atom is 0.165 e. The number of halogens is 2. The molecule has 6 heteroatoms. The summed E-state index contributed by atoms with van der Waals surface area (Å²) in [7, 11) is 0.